The predicted molar refractivity (Wildman–Crippen MR) is 142 cm³/mol. The van der Waals surface area contributed by atoms with E-state index in [0.29, 0.717) is 23.7 Å². The van der Waals surface area contributed by atoms with Gasteiger partial charge in [-0.3, -0.25) is 9.89 Å². The van der Waals surface area contributed by atoms with E-state index < -0.39 is 0 Å². The molecule has 1 heterocycles. The van der Waals surface area contributed by atoms with Crippen molar-refractivity contribution in [2.24, 2.45) is 4.99 Å². The summed E-state index contributed by atoms with van der Waals surface area (Å²) in [4.78, 5) is 7.08. The molecule has 4 rings (SSSR count). The van der Waals surface area contributed by atoms with Crippen LogP contribution >= 0.6 is 8.86 Å². The number of ether oxygens (including phenoxy) is 1. The van der Waals surface area contributed by atoms with Gasteiger partial charge in [0.05, 0.1) is 5.71 Å². The molecule has 2 N–H and O–H groups in total. The smallest absolute Gasteiger partial charge is 0.127 e. The first kappa shape index (κ1) is 23.6. The zero-order valence-corrected chi connectivity index (χ0v) is 20.3. The van der Waals surface area contributed by atoms with Crippen LogP contribution in [0.4, 0.5) is 10.1 Å². The molecule has 0 fully saturated rings. The lowest BCUT2D eigenvalue weighted by atomic mass is 10.1. The highest BCUT2D eigenvalue weighted by Crippen LogP contribution is 2.23. The van der Waals surface area contributed by atoms with E-state index in [1.54, 1.807) is 12.1 Å². The highest BCUT2D eigenvalue weighted by Gasteiger charge is 2.14. The van der Waals surface area contributed by atoms with E-state index in [0.717, 1.165) is 34.5 Å². The van der Waals surface area contributed by atoms with Crippen molar-refractivity contribution in [3.63, 3.8) is 0 Å². The number of benzene rings is 3. The average molecular weight is 472 g/mol. The molecule has 6 heteroatoms. The van der Waals surface area contributed by atoms with Crippen molar-refractivity contribution in [2.75, 3.05) is 12.3 Å². The fourth-order valence-electron chi connectivity index (χ4n) is 3.72. The van der Waals surface area contributed by atoms with Gasteiger partial charge in [0.25, 0.3) is 0 Å². The Morgan fingerprint density at radius 2 is 1.65 bits per heavy atom. The van der Waals surface area contributed by atoms with Crippen molar-refractivity contribution in [2.45, 2.75) is 20.4 Å². The molecule has 172 valence electrons. The molecular formula is C28H27FN3OP. The number of nitrogen functional groups attached to an aromatic ring is 1. The standard InChI is InChI=1S/C28H27FN3OP/c1-19-14-27(22-4-3-5-24(30)16-22)31-20(2)15-28(34)32(17-19)18-21-6-10-25(11-7-21)33-26-12-8-23(29)9-13-26/h3-16,34H,17-18,30H2,1-2H3/b19-14+,20-15+,31-27+. The molecule has 0 aliphatic carbocycles. The number of hydrogen-bond donors (Lipinski definition) is 1. The molecule has 34 heavy (non-hydrogen) atoms. The summed E-state index contributed by atoms with van der Waals surface area (Å²) in [5.41, 5.74) is 12.7. The molecule has 0 saturated heterocycles. The summed E-state index contributed by atoms with van der Waals surface area (Å²) in [6.45, 7) is 5.53. The van der Waals surface area contributed by atoms with E-state index in [1.165, 1.54) is 17.7 Å². The maximum Gasteiger partial charge on any atom is 0.127 e. The summed E-state index contributed by atoms with van der Waals surface area (Å²) in [6.07, 6.45) is 4.14. The second kappa shape index (κ2) is 10.6. The molecule has 0 unspecified atom stereocenters. The number of anilines is 1. The van der Waals surface area contributed by atoms with Crippen molar-refractivity contribution in [3.8, 4) is 11.5 Å². The molecular weight excluding hydrogens is 444 g/mol. The maximum absolute atomic E-state index is 13.1. The number of allylic oxidation sites excluding steroid dienone is 2. The van der Waals surface area contributed by atoms with Gasteiger partial charge in [-0.15, -0.1) is 8.86 Å². The van der Waals surface area contributed by atoms with Crippen LogP contribution in [0.5, 0.6) is 11.5 Å². The topological polar surface area (TPSA) is 50.8 Å². The SMILES string of the molecule is C\C1=C/C(c2cccc(N)c2)=N\C(C)=C\C(=P)N(Cc2ccc(Oc3ccc(F)cc3)cc2)C1. The Kier molecular flexibility index (Phi) is 7.36. The molecule has 0 saturated carbocycles. The van der Waals surface area contributed by atoms with Crippen LogP contribution in [0.3, 0.4) is 0 Å². The van der Waals surface area contributed by atoms with Gasteiger partial charge < -0.3 is 10.5 Å². The lowest BCUT2D eigenvalue weighted by Gasteiger charge is -2.23. The maximum atomic E-state index is 13.1. The molecule has 3 aromatic rings. The molecule has 3 aromatic carbocycles. The van der Waals surface area contributed by atoms with Crippen molar-refractivity contribution in [1.29, 1.82) is 0 Å². The van der Waals surface area contributed by atoms with E-state index in [4.69, 9.17) is 15.5 Å². The van der Waals surface area contributed by atoms with Gasteiger partial charge >= 0.3 is 0 Å². The highest BCUT2D eigenvalue weighted by molar-refractivity contribution is 7.21. The van der Waals surface area contributed by atoms with Crippen LogP contribution in [0.1, 0.15) is 25.0 Å². The Morgan fingerprint density at radius 1 is 0.971 bits per heavy atom. The van der Waals surface area contributed by atoms with Gasteiger partial charge in [-0.05, 0) is 80.1 Å². The molecule has 0 spiro atoms. The fraction of sp³-hybridized carbons (Fsp3) is 0.143. The van der Waals surface area contributed by atoms with E-state index in [2.05, 4.69) is 26.8 Å². The van der Waals surface area contributed by atoms with Crippen LogP contribution < -0.4 is 10.5 Å². The normalized spacial score (nSPS) is 19.5. The number of nitrogens with zero attached hydrogens (tertiary/aromatic N) is 2. The minimum Gasteiger partial charge on any atom is -0.457 e. The second-order valence-corrected chi connectivity index (χ2v) is 8.85. The van der Waals surface area contributed by atoms with Gasteiger partial charge in [0.15, 0.2) is 0 Å². The number of nitrogens with two attached hydrogens (primary N) is 1. The van der Waals surface area contributed by atoms with Gasteiger partial charge in [-0.2, -0.15) is 0 Å². The number of aliphatic imine (C=N–C) groups is 1. The predicted octanol–water partition coefficient (Wildman–Crippen LogP) is 6.63. The zero-order chi connectivity index (χ0) is 24.1. The molecule has 0 aromatic heterocycles. The lowest BCUT2D eigenvalue weighted by Crippen LogP contribution is -2.29. The Bertz CT molecular complexity index is 1280. The van der Waals surface area contributed by atoms with Crippen LogP contribution in [0, 0.1) is 5.82 Å². The van der Waals surface area contributed by atoms with Gasteiger partial charge in [-0.1, -0.05) is 29.8 Å². The summed E-state index contributed by atoms with van der Waals surface area (Å²) >= 11 is 0. The molecule has 4 nitrogen and oxygen atoms in total. The lowest BCUT2D eigenvalue weighted by molar-refractivity contribution is 0.454. The molecule has 0 atom stereocenters. The first-order valence-electron chi connectivity index (χ1n) is 11.0. The largest absolute Gasteiger partial charge is 0.457 e. The van der Waals surface area contributed by atoms with Gasteiger partial charge in [0.2, 0.25) is 0 Å². The van der Waals surface area contributed by atoms with Crippen LogP contribution in [0.2, 0.25) is 0 Å². The summed E-state index contributed by atoms with van der Waals surface area (Å²) in [5, 5.41) is 0. The second-order valence-electron chi connectivity index (χ2n) is 8.34. The number of halogens is 1. The Morgan fingerprint density at radius 3 is 2.32 bits per heavy atom. The average Bonchev–Trinajstić information content (AvgIpc) is 2.85. The summed E-state index contributed by atoms with van der Waals surface area (Å²) in [5.74, 6) is 1.02. The monoisotopic (exact) mass is 471 g/mol. The minimum atomic E-state index is -0.285. The fourth-order valence-corrected chi connectivity index (χ4v) is 4.08. The summed E-state index contributed by atoms with van der Waals surface area (Å²) in [6, 6.07) is 21.7. The molecule has 0 bridgehead atoms. The van der Waals surface area contributed by atoms with E-state index in [-0.39, 0.29) is 5.82 Å². The quantitative estimate of drug-likeness (QED) is 0.336. The first-order valence-corrected chi connectivity index (χ1v) is 11.5. The summed E-state index contributed by atoms with van der Waals surface area (Å²) < 4.78 is 18.9. The van der Waals surface area contributed by atoms with Crippen molar-refractivity contribution in [3.05, 3.63) is 113 Å². The molecule has 1 aliphatic heterocycles. The van der Waals surface area contributed by atoms with Gasteiger partial charge in [-0.25, -0.2) is 4.39 Å². The first-order chi connectivity index (χ1) is 16.4. The van der Waals surface area contributed by atoms with Crippen molar-refractivity contribution in [1.82, 2.24) is 4.90 Å². The Balaban J connectivity index is 1.50. The summed E-state index contributed by atoms with van der Waals surface area (Å²) in [7, 11) is 3.81. The van der Waals surface area contributed by atoms with Crippen molar-refractivity contribution >= 4 is 25.7 Å². The third-order valence-corrected chi connectivity index (χ3v) is 5.80. The van der Waals surface area contributed by atoms with Crippen LogP contribution in [-0.4, -0.2) is 22.6 Å². The molecule has 0 amide bonds. The van der Waals surface area contributed by atoms with Gasteiger partial charge in [0.1, 0.15) is 17.3 Å². The van der Waals surface area contributed by atoms with E-state index in [1.807, 2.05) is 61.5 Å². The van der Waals surface area contributed by atoms with Crippen LogP contribution in [-0.2, 0) is 6.54 Å². The Labute approximate surface area is 202 Å². The number of hydrogen-bond acceptors (Lipinski definition) is 3. The third kappa shape index (κ3) is 6.28. The van der Waals surface area contributed by atoms with E-state index in [9.17, 15) is 4.39 Å². The van der Waals surface area contributed by atoms with Crippen molar-refractivity contribution < 1.29 is 9.13 Å². The van der Waals surface area contributed by atoms with E-state index >= 15 is 0 Å². The molecule has 1 aliphatic rings. The van der Waals surface area contributed by atoms with Crippen LogP contribution in [0.15, 0.2) is 101 Å². The Hall–Kier alpha value is -3.53. The zero-order valence-electron chi connectivity index (χ0n) is 19.3. The van der Waals surface area contributed by atoms with Crippen LogP contribution in [0.25, 0.3) is 0 Å². The van der Waals surface area contributed by atoms with Gasteiger partial charge in [0, 0.05) is 35.5 Å². The highest BCUT2D eigenvalue weighted by atomic mass is 31.0. The third-order valence-electron chi connectivity index (χ3n) is 5.33. The minimum absolute atomic E-state index is 0.285. The molecule has 0 radical (unpaired) electrons. The number of rotatable bonds is 5.